The molecule has 0 spiro atoms. The van der Waals surface area contributed by atoms with Crippen LogP contribution in [0.3, 0.4) is 0 Å². The van der Waals surface area contributed by atoms with E-state index in [-0.39, 0.29) is 30.7 Å². The normalized spacial score (nSPS) is 21.4. The maximum atomic E-state index is 12.2. The number of rotatable bonds is 4. The minimum absolute atomic E-state index is 0.0175. The highest BCUT2D eigenvalue weighted by atomic mass is 16.5. The molecule has 0 N–H and O–H groups in total. The summed E-state index contributed by atoms with van der Waals surface area (Å²) in [5.74, 6) is 0.446. The number of hydrogen-bond acceptors (Lipinski definition) is 4. The Morgan fingerprint density at radius 3 is 2.60 bits per heavy atom. The standard InChI is InChI=1S/C19H27N3O3/c1-19(2,3)14-7-9-15(10-8-14)25-17(23)11-13-22-18(24)21-12-5-4-6-16(21)20-22/h4-6,12,14-15H,7-11,13H2,1-3H3. The van der Waals surface area contributed by atoms with Crippen LogP contribution in [0.25, 0.3) is 5.65 Å². The number of ether oxygens (including phenoxy) is 1. The van der Waals surface area contributed by atoms with Crippen LogP contribution in [0.5, 0.6) is 0 Å². The van der Waals surface area contributed by atoms with Crippen LogP contribution in [0.1, 0.15) is 52.9 Å². The van der Waals surface area contributed by atoms with Crippen LogP contribution in [0.2, 0.25) is 0 Å². The van der Waals surface area contributed by atoms with E-state index in [1.807, 2.05) is 6.07 Å². The molecule has 2 heterocycles. The van der Waals surface area contributed by atoms with Gasteiger partial charge in [0.15, 0.2) is 5.65 Å². The van der Waals surface area contributed by atoms with Gasteiger partial charge in [0, 0.05) is 6.20 Å². The molecule has 0 unspecified atom stereocenters. The number of esters is 1. The largest absolute Gasteiger partial charge is 0.462 e. The number of hydrogen-bond donors (Lipinski definition) is 0. The van der Waals surface area contributed by atoms with Gasteiger partial charge in [-0.1, -0.05) is 26.8 Å². The van der Waals surface area contributed by atoms with Gasteiger partial charge in [0.05, 0.1) is 13.0 Å². The van der Waals surface area contributed by atoms with Gasteiger partial charge in [0.1, 0.15) is 6.10 Å². The lowest BCUT2D eigenvalue weighted by molar-refractivity contribution is -0.151. The van der Waals surface area contributed by atoms with E-state index in [0.717, 1.165) is 25.7 Å². The summed E-state index contributed by atoms with van der Waals surface area (Å²) in [7, 11) is 0. The van der Waals surface area contributed by atoms with E-state index < -0.39 is 0 Å². The highest BCUT2D eigenvalue weighted by molar-refractivity contribution is 5.69. The maximum absolute atomic E-state index is 12.2. The summed E-state index contributed by atoms with van der Waals surface area (Å²) in [5.41, 5.74) is 0.676. The SMILES string of the molecule is CC(C)(C)C1CCC(OC(=O)CCn2nc3ccccn3c2=O)CC1. The van der Waals surface area contributed by atoms with Crippen molar-refractivity contribution in [3.8, 4) is 0 Å². The first-order valence-corrected chi connectivity index (χ1v) is 9.08. The summed E-state index contributed by atoms with van der Waals surface area (Å²) in [4.78, 5) is 24.3. The summed E-state index contributed by atoms with van der Waals surface area (Å²) in [6.07, 6.45) is 5.93. The minimum Gasteiger partial charge on any atom is -0.462 e. The summed E-state index contributed by atoms with van der Waals surface area (Å²) < 4.78 is 8.40. The lowest BCUT2D eigenvalue weighted by Crippen LogP contribution is -2.31. The Bertz CT molecular complexity index is 792. The van der Waals surface area contributed by atoms with Crippen molar-refractivity contribution < 1.29 is 9.53 Å². The van der Waals surface area contributed by atoms with Crippen molar-refractivity contribution in [3.63, 3.8) is 0 Å². The number of nitrogens with zero attached hydrogens (tertiary/aromatic N) is 3. The van der Waals surface area contributed by atoms with Gasteiger partial charge in [-0.2, -0.15) is 0 Å². The molecule has 6 nitrogen and oxygen atoms in total. The molecule has 25 heavy (non-hydrogen) atoms. The monoisotopic (exact) mass is 345 g/mol. The van der Waals surface area contributed by atoms with E-state index in [9.17, 15) is 9.59 Å². The third-order valence-electron chi connectivity index (χ3n) is 5.21. The molecular formula is C19H27N3O3. The van der Waals surface area contributed by atoms with Crippen LogP contribution in [-0.4, -0.2) is 26.3 Å². The number of aryl methyl sites for hydroxylation is 1. The number of fused-ring (bicyclic) bond motifs is 1. The average Bonchev–Trinajstić information content (AvgIpc) is 2.89. The minimum atomic E-state index is -0.247. The Labute approximate surface area is 147 Å². The van der Waals surface area contributed by atoms with Gasteiger partial charge in [-0.05, 0) is 49.1 Å². The van der Waals surface area contributed by atoms with Crippen LogP contribution in [0.4, 0.5) is 0 Å². The molecule has 0 saturated heterocycles. The zero-order valence-electron chi connectivity index (χ0n) is 15.3. The third kappa shape index (κ3) is 4.11. The van der Waals surface area contributed by atoms with Gasteiger partial charge in [-0.25, -0.2) is 9.48 Å². The number of carbonyl (C=O) groups is 1. The Hall–Kier alpha value is -2.11. The Morgan fingerprint density at radius 1 is 1.24 bits per heavy atom. The second-order valence-corrected chi connectivity index (χ2v) is 8.01. The Morgan fingerprint density at radius 2 is 1.96 bits per heavy atom. The highest BCUT2D eigenvalue weighted by Crippen LogP contribution is 2.38. The number of aromatic nitrogens is 3. The molecule has 6 heteroatoms. The zero-order valence-corrected chi connectivity index (χ0v) is 15.3. The second kappa shape index (κ2) is 7.02. The smallest absolute Gasteiger partial charge is 0.350 e. The highest BCUT2D eigenvalue weighted by Gasteiger charge is 2.31. The lowest BCUT2D eigenvalue weighted by atomic mass is 9.72. The third-order valence-corrected chi connectivity index (χ3v) is 5.21. The quantitative estimate of drug-likeness (QED) is 0.799. The van der Waals surface area contributed by atoms with Gasteiger partial charge >= 0.3 is 11.7 Å². The second-order valence-electron chi connectivity index (χ2n) is 8.01. The van der Waals surface area contributed by atoms with Crippen molar-refractivity contribution in [1.82, 2.24) is 14.2 Å². The molecule has 136 valence electrons. The number of carbonyl (C=O) groups excluding carboxylic acids is 1. The van der Waals surface area contributed by atoms with Gasteiger partial charge in [0.2, 0.25) is 0 Å². The van der Waals surface area contributed by atoms with Crippen molar-refractivity contribution in [2.45, 2.75) is 65.5 Å². The first-order valence-electron chi connectivity index (χ1n) is 9.08. The predicted molar refractivity (Wildman–Crippen MR) is 95.4 cm³/mol. The molecule has 0 radical (unpaired) electrons. The molecule has 3 rings (SSSR count). The molecule has 0 aromatic carbocycles. The molecular weight excluding hydrogens is 318 g/mol. The topological polar surface area (TPSA) is 65.6 Å². The van der Waals surface area contributed by atoms with Gasteiger partial charge in [-0.15, -0.1) is 5.10 Å². The van der Waals surface area contributed by atoms with E-state index in [1.54, 1.807) is 18.3 Å². The van der Waals surface area contributed by atoms with Crippen LogP contribution in [-0.2, 0) is 16.1 Å². The first-order chi connectivity index (χ1) is 11.8. The van der Waals surface area contributed by atoms with E-state index in [0.29, 0.717) is 17.0 Å². The van der Waals surface area contributed by atoms with Gasteiger partial charge in [0.25, 0.3) is 0 Å². The molecule has 2 aromatic rings. The van der Waals surface area contributed by atoms with Crippen LogP contribution < -0.4 is 5.69 Å². The molecule has 1 fully saturated rings. The molecule has 1 aliphatic carbocycles. The molecule has 0 atom stereocenters. The zero-order chi connectivity index (χ0) is 18.0. The molecule has 1 saturated carbocycles. The van der Waals surface area contributed by atoms with Crippen LogP contribution in [0, 0.1) is 11.3 Å². The van der Waals surface area contributed by atoms with Crippen molar-refractivity contribution in [1.29, 1.82) is 0 Å². The predicted octanol–water partition coefficient (Wildman–Crippen LogP) is 3.03. The molecule has 0 aliphatic heterocycles. The Balaban J connectivity index is 1.50. The number of pyridine rings is 1. The van der Waals surface area contributed by atoms with E-state index in [2.05, 4.69) is 25.9 Å². The molecule has 2 aromatic heterocycles. The Kier molecular flexibility index (Phi) is 4.97. The van der Waals surface area contributed by atoms with Crippen molar-refractivity contribution >= 4 is 11.6 Å². The summed E-state index contributed by atoms with van der Waals surface area (Å²) in [6, 6.07) is 5.38. The van der Waals surface area contributed by atoms with Crippen molar-refractivity contribution in [3.05, 3.63) is 34.9 Å². The van der Waals surface area contributed by atoms with Gasteiger partial charge < -0.3 is 4.74 Å². The maximum Gasteiger partial charge on any atom is 0.350 e. The summed E-state index contributed by atoms with van der Waals surface area (Å²) in [5, 5.41) is 4.23. The molecule has 0 amide bonds. The molecule has 0 bridgehead atoms. The van der Waals surface area contributed by atoms with Crippen LogP contribution >= 0.6 is 0 Å². The fourth-order valence-electron chi connectivity index (χ4n) is 3.60. The van der Waals surface area contributed by atoms with E-state index >= 15 is 0 Å². The van der Waals surface area contributed by atoms with Crippen LogP contribution in [0.15, 0.2) is 29.2 Å². The summed E-state index contributed by atoms with van der Waals surface area (Å²) >= 11 is 0. The van der Waals surface area contributed by atoms with Crippen molar-refractivity contribution in [2.24, 2.45) is 11.3 Å². The average molecular weight is 345 g/mol. The first kappa shape index (κ1) is 17.7. The van der Waals surface area contributed by atoms with E-state index in [4.69, 9.17) is 4.74 Å². The lowest BCUT2D eigenvalue weighted by Gasteiger charge is -2.36. The van der Waals surface area contributed by atoms with Gasteiger partial charge in [-0.3, -0.25) is 9.20 Å². The van der Waals surface area contributed by atoms with Crippen molar-refractivity contribution in [2.75, 3.05) is 0 Å². The fourth-order valence-corrected chi connectivity index (χ4v) is 3.60. The molecule has 1 aliphatic rings. The fraction of sp³-hybridized carbons (Fsp3) is 0.632. The summed E-state index contributed by atoms with van der Waals surface area (Å²) in [6.45, 7) is 7.07. The van der Waals surface area contributed by atoms with E-state index in [1.165, 1.54) is 9.08 Å².